The Morgan fingerprint density at radius 1 is 1.64 bits per heavy atom. The molecule has 1 atom stereocenters. The smallest absolute Gasteiger partial charge is 0.236 e. The summed E-state index contributed by atoms with van der Waals surface area (Å²) in [5.74, 6) is 0. The maximum absolute atomic E-state index is 10.8. The summed E-state index contributed by atoms with van der Waals surface area (Å²) in [7, 11) is -3.54. The summed E-state index contributed by atoms with van der Waals surface area (Å²) in [4.78, 5) is 4.21. The summed E-state index contributed by atoms with van der Waals surface area (Å²) in [6.07, 6.45) is 1.50. The number of hydrogen-bond donors (Lipinski definition) is 1. The lowest BCUT2D eigenvalue weighted by Crippen LogP contribution is -2.19. The standard InChI is InChI=1S/C6H10N2O2S/c1-4-3-6(5(2)8-4)11(7,9)10/h3,5H,1-2H3,(H2,7,9,10). The Balaban J connectivity index is 3.06. The molecule has 0 radical (unpaired) electrons. The van der Waals surface area contributed by atoms with Gasteiger partial charge in [-0.1, -0.05) is 0 Å². The molecular weight excluding hydrogens is 164 g/mol. The van der Waals surface area contributed by atoms with E-state index in [1.807, 2.05) is 0 Å². The molecule has 1 aliphatic rings. The molecule has 0 aliphatic carbocycles. The normalized spacial score (nSPS) is 24.8. The molecule has 11 heavy (non-hydrogen) atoms. The Bertz CT molecular complexity index is 326. The number of nitrogens with two attached hydrogens (primary N) is 1. The van der Waals surface area contributed by atoms with Crippen LogP contribution < -0.4 is 5.14 Å². The van der Waals surface area contributed by atoms with Gasteiger partial charge in [-0.2, -0.15) is 0 Å². The van der Waals surface area contributed by atoms with Crippen LogP contribution in [0.15, 0.2) is 16.0 Å². The highest BCUT2D eigenvalue weighted by Crippen LogP contribution is 2.17. The van der Waals surface area contributed by atoms with Crippen LogP contribution in [0, 0.1) is 0 Å². The van der Waals surface area contributed by atoms with E-state index in [2.05, 4.69) is 4.99 Å². The highest BCUT2D eigenvalue weighted by atomic mass is 32.2. The van der Waals surface area contributed by atoms with E-state index in [-0.39, 0.29) is 10.9 Å². The topological polar surface area (TPSA) is 72.5 Å². The van der Waals surface area contributed by atoms with E-state index < -0.39 is 10.0 Å². The maximum atomic E-state index is 10.8. The second kappa shape index (κ2) is 2.42. The number of aliphatic imine (C=N–C) groups is 1. The lowest BCUT2D eigenvalue weighted by Gasteiger charge is -2.02. The lowest BCUT2D eigenvalue weighted by atomic mass is 10.3. The van der Waals surface area contributed by atoms with E-state index in [1.165, 1.54) is 6.08 Å². The van der Waals surface area contributed by atoms with E-state index in [4.69, 9.17) is 5.14 Å². The molecule has 62 valence electrons. The summed E-state index contributed by atoms with van der Waals surface area (Å²) in [6.45, 7) is 3.45. The third-order valence-electron chi connectivity index (χ3n) is 1.49. The number of rotatable bonds is 1. The van der Waals surface area contributed by atoms with Gasteiger partial charge in [0.15, 0.2) is 0 Å². The number of allylic oxidation sites excluding steroid dienone is 1. The van der Waals surface area contributed by atoms with Gasteiger partial charge in [0.1, 0.15) is 0 Å². The molecule has 4 nitrogen and oxygen atoms in total. The van der Waals surface area contributed by atoms with Crippen LogP contribution in [-0.2, 0) is 10.0 Å². The van der Waals surface area contributed by atoms with Gasteiger partial charge in [-0.3, -0.25) is 4.99 Å². The van der Waals surface area contributed by atoms with Crippen LogP contribution in [0.4, 0.5) is 0 Å². The van der Waals surface area contributed by atoms with Crippen LogP contribution in [0.1, 0.15) is 13.8 Å². The summed E-state index contributed by atoms with van der Waals surface area (Å²) >= 11 is 0. The number of nitrogens with zero attached hydrogens (tertiary/aromatic N) is 1. The number of hydrogen-bond acceptors (Lipinski definition) is 3. The van der Waals surface area contributed by atoms with Gasteiger partial charge >= 0.3 is 0 Å². The second-order valence-corrected chi connectivity index (χ2v) is 4.10. The van der Waals surface area contributed by atoms with Gasteiger partial charge in [0.05, 0.1) is 10.9 Å². The van der Waals surface area contributed by atoms with Crippen LogP contribution in [0.2, 0.25) is 0 Å². The summed E-state index contributed by atoms with van der Waals surface area (Å²) in [5.41, 5.74) is 0.710. The van der Waals surface area contributed by atoms with Crippen molar-refractivity contribution in [2.75, 3.05) is 0 Å². The predicted molar refractivity (Wildman–Crippen MR) is 43.8 cm³/mol. The van der Waals surface area contributed by atoms with Gasteiger partial charge in [-0.05, 0) is 19.9 Å². The lowest BCUT2D eigenvalue weighted by molar-refractivity contribution is 0.601. The molecular formula is C6H10N2O2S. The third-order valence-corrected chi connectivity index (χ3v) is 2.60. The summed E-state index contributed by atoms with van der Waals surface area (Å²) in [5, 5.41) is 4.92. The zero-order valence-electron chi connectivity index (χ0n) is 6.40. The molecule has 1 heterocycles. The van der Waals surface area contributed by atoms with Crippen molar-refractivity contribution < 1.29 is 8.42 Å². The van der Waals surface area contributed by atoms with Crippen molar-refractivity contribution in [1.29, 1.82) is 0 Å². The average Bonchev–Trinajstić information content (AvgIpc) is 2.08. The largest absolute Gasteiger partial charge is 0.281 e. The van der Waals surface area contributed by atoms with Gasteiger partial charge < -0.3 is 0 Å². The van der Waals surface area contributed by atoms with E-state index in [0.717, 1.165) is 0 Å². The van der Waals surface area contributed by atoms with Crippen LogP contribution >= 0.6 is 0 Å². The molecule has 0 aromatic rings. The molecule has 0 fully saturated rings. The van der Waals surface area contributed by atoms with E-state index in [1.54, 1.807) is 13.8 Å². The van der Waals surface area contributed by atoms with Crippen molar-refractivity contribution in [3.8, 4) is 0 Å². The van der Waals surface area contributed by atoms with Crippen LogP contribution in [0.3, 0.4) is 0 Å². The molecule has 5 heteroatoms. The molecule has 1 aliphatic heterocycles. The van der Waals surface area contributed by atoms with Crippen molar-refractivity contribution in [3.63, 3.8) is 0 Å². The molecule has 1 unspecified atom stereocenters. The average molecular weight is 174 g/mol. The minimum Gasteiger partial charge on any atom is -0.281 e. The first-order valence-corrected chi connectivity index (χ1v) is 4.74. The van der Waals surface area contributed by atoms with Crippen molar-refractivity contribution in [3.05, 3.63) is 11.0 Å². The highest BCUT2D eigenvalue weighted by Gasteiger charge is 2.22. The minimum absolute atomic E-state index is 0.204. The maximum Gasteiger partial charge on any atom is 0.236 e. The molecule has 0 saturated carbocycles. The molecule has 0 saturated heterocycles. The molecule has 0 aromatic carbocycles. The van der Waals surface area contributed by atoms with Gasteiger partial charge in [0.25, 0.3) is 0 Å². The first-order valence-electron chi connectivity index (χ1n) is 3.20. The van der Waals surface area contributed by atoms with E-state index in [0.29, 0.717) is 5.71 Å². The second-order valence-electron chi connectivity index (χ2n) is 2.54. The number of sulfonamides is 1. The molecule has 0 spiro atoms. The van der Waals surface area contributed by atoms with Gasteiger partial charge in [0.2, 0.25) is 10.0 Å². The van der Waals surface area contributed by atoms with E-state index >= 15 is 0 Å². The molecule has 0 bridgehead atoms. The summed E-state index contributed by atoms with van der Waals surface area (Å²) < 4.78 is 21.7. The Morgan fingerprint density at radius 2 is 2.18 bits per heavy atom. The van der Waals surface area contributed by atoms with Crippen molar-refractivity contribution >= 4 is 15.7 Å². The van der Waals surface area contributed by atoms with Crippen molar-refractivity contribution in [2.45, 2.75) is 19.9 Å². The first-order chi connectivity index (χ1) is 4.91. The quantitative estimate of drug-likeness (QED) is 0.608. The SMILES string of the molecule is CC1=NC(C)C(S(N)(=O)=O)=C1. The molecule has 2 N–H and O–H groups in total. The minimum atomic E-state index is -3.54. The summed E-state index contributed by atoms with van der Waals surface area (Å²) in [6, 6.07) is -0.315. The highest BCUT2D eigenvalue weighted by molar-refractivity contribution is 7.93. The van der Waals surface area contributed by atoms with Gasteiger partial charge in [-0.15, -0.1) is 0 Å². The van der Waals surface area contributed by atoms with Crippen molar-refractivity contribution in [2.24, 2.45) is 10.1 Å². The number of primary sulfonamides is 1. The molecule has 0 amide bonds. The third kappa shape index (κ3) is 1.66. The zero-order valence-corrected chi connectivity index (χ0v) is 7.22. The fourth-order valence-corrected chi connectivity index (χ4v) is 1.92. The fraction of sp³-hybridized carbons (Fsp3) is 0.500. The predicted octanol–water partition coefficient (Wildman–Crippen LogP) is 0.0218. The van der Waals surface area contributed by atoms with Crippen LogP contribution in [0.25, 0.3) is 0 Å². The first kappa shape index (κ1) is 8.42. The van der Waals surface area contributed by atoms with Crippen molar-refractivity contribution in [1.82, 2.24) is 0 Å². The molecule has 0 aromatic heterocycles. The fourth-order valence-electron chi connectivity index (χ4n) is 1.05. The van der Waals surface area contributed by atoms with Crippen LogP contribution in [-0.4, -0.2) is 20.2 Å². The van der Waals surface area contributed by atoms with Gasteiger partial charge in [-0.25, -0.2) is 13.6 Å². The Morgan fingerprint density at radius 3 is 2.36 bits per heavy atom. The van der Waals surface area contributed by atoms with E-state index in [9.17, 15) is 8.42 Å². The Hall–Kier alpha value is -0.680. The monoisotopic (exact) mass is 174 g/mol. The Kier molecular flexibility index (Phi) is 1.85. The molecule has 1 rings (SSSR count). The zero-order chi connectivity index (χ0) is 8.65. The van der Waals surface area contributed by atoms with Crippen LogP contribution in [0.5, 0.6) is 0 Å². The Labute approximate surface area is 65.9 Å². The van der Waals surface area contributed by atoms with Gasteiger partial charge in [0, 0.05) is 5.71 Å².